The van der Waals surface area contributed by atoms with Gasteiger partial charge in [-0.1, -0.05) is 30.3 Å². The topological polar surface area (TPSA) is 98.1 Å². The Morgan fingerprint density at radius 3 is 2.68 bits per heavy atom. The van der Waals surface area contributed by atoms with Gasteiger partial charge in [0.05, 0.1) is 12.3 Å². The fourth-order valence-corrected chi connectivity index (χ4v) is 2.53. The molecule has 0 saturated heterocycles. The van der Waals surface area contributed by atoms with Gasteiger partial charge in [-0.3, -0.25) is 9.78 Å². The lowest BCUT2D eigenvalue weighted by Gasteiger charge is -2.06. The highest BCUT2D eigenvalue weighted by molar-refractivity contribution is 5.86. The molecule has 132 valence electrons. The van der Waals surface area contributed by atoms with E-state index >= 15 is 0 Å². The highest BCUT2D eigenvalue weighted by atomic mass is 16.5. The number of hydrogen-bond donors (Lipinski definition) is 2. The van der Waals surface area contributed by atoms with Gasteiger partial charge in [-0.25, -0.2) is 9.78 Å². The zero-order valence-electron chi connectivity index (χ0n) is 14.3. The minimum Gasteiger partial charge on any atom is -0.463 e. The van der Waals surface area contributed by atoms with E-state index in [1.807, 2.05) is 18.2 Å². The van der Waals surface area contributed by atoms with Gasteiger partial charge >= 0.3 is 5.97 Å². The van der Waals surface area contributed by atoms with E-state index in [1.165, 1.54) is 17.7 Å². The summed E-state index contributed by atoms with van der Waals surface area (Å²) < 4.78 is 4.84. The molecule has 1 aromatic heterocycles. The summed E-state index contributed by atoms with van der Waals surface area (Å²) in [5.74, 6) is -0.445. The van der Waals surface area contributed by atoms with Crippen molar-refractivity contribution in [1.82, 2.24) is 9.97 Å². The molecule has 0 fully saturated rings. The van der Waals surface area contributed by atoms with Crippen molar-refractivity contribution in [3.8, 4) is 0 Å². The third-order valence-electron chi connectivity index (χ3n) is 3.71. The number of nitrogens with two attached hydrogens (primary N) is 1. The highest BCUT2D eigenvalue weighted by Crippen LogP contribution is 2.11. The minimum absolute atomic E-state index is 0.0292. The van der Waals surface area contributed by atoms with Gasteiger partial charge in [-0.05, 0) is 44.2 Å². The first kappa shape index (κ1) is 18.4. The first-order chi connectivity index (χ1) is 12.1. The lowest BCUT2D eigenvalue weighted by atomic mass is 10.0. The minimum atomic E-state index is -0.474. The Balaban J connectivity index is 2.03. The molecule has 2 aromatic rings. The fourth-order valence-electron chi connectivity index (χ4n) is 2.53. The zero-order valence-corrected chi connectivity index (χ0v) is 14.3. The second-order valence-electron chi connectivity index (χ2n) is 5.59. The van der Waals surface area contributed by atoms with Crippen molar-refractivity contribution in [2.45, 2.75) is 32.6 Å². The molecule has 0 radical (unpaired) electrons. The lowest BCUT2D eigenvalue weighted by Crippen LogP contribution is -2.18. The number of anilines is 1. The number of esters is 1. The number of unbranched alkanes of at least 4 members (excludes halogenated alkanes) is 1. The molecule has 0 atom stereocenters. The van der Waals surface area contributed by atoms with Crippen molar-refractivity contribution in [1.29, 1.82) is 0 Å². The summed E-state index contributed by atoms with van der Waals surface area (Å²) in [4.78, 5) is 30.3. The Hall–Kier alpha value is -2.89. The molecular weight excluding hydrogens is 318 g/mol. The summed E-state index contributed by atoms with van der Waals surface area (Å²) in [7, 11) is 0. The van der Waals surface area contributed by atoms with Crippen LogP contribution < -0.4 is 11.3 Å². The standard InChI is InChI=1S/C19H23N3O3/c1-2-25-17(23)13-12-16-15(18(24)22-19(20)21-16)11-7-6-10-14-8-4-3-5-9-14/h3-5,8-9,12-13H,2,6-7,10-11H2,1H3,(H3,20,21,22,24)/b13-12+. The number of H-pyrrole nitrogens is 1. The van der Waals surface area contributed by atoms with Crippen LogP contribution in [0.3, 0.4) is 0 Å². The van der Waals surface area contributed by atoms with Crippen molar-refractivity contribution in [3.05, 3.63) is 63.6 Å². The molecule has 0 unspecified atom stereocenters. The van der Waals surface area contributed by atoms with E-state index < -0.39 is 5.97 Å². The van der Waals surface area contributed by atoms with Crippen LogP contribution in [0.2, 0.25) is 0 Å². The Kier molecular flexibility index (Phi) is 6.95. The molecule has 3 N–H and O–H groups in total. The number of aromatic amines is 1. The molecule has 0 spiro atoms. The maximum absolute atomic E-state index is 12.2. The molecule has 1 aromatic carbocycles. The summed E-state index contributed by atoms with van der Waals surface area (Å²) in [6.45, 7) is 2.02. The van der Waals surface area contributed by atoms with Crippen molar-refractivity contribution < 1.29 is 9.53 Å². The van der Waals surface area contributed by atoms with Crippen LogP contribution in [-0.4, -0.2) is 22.5 Å². The second-order valence-corrected chi connectivity index (χ2v) is 5.59. The Labute approximate surface area is 146 Å². The first-order valence-corrected chi connectivity index (χ1v) is 8.37. The van der Waals surface area contributed by atoms with Gasteiger partial charge in [-0.2, -0.15) is 0 Å². The second kappa shape index (κ2) is 9.42. The summed E-state index contributed by atoms with van der Waals surface area (Å²) >= 11 is 0. The predicted octanol–water partition coefficient (Wildman–Crippen LogP) is 2.49. The first-order valence-electron chi connectivity index (χ1n) is 8.37. The molecule has 1 heterocycles. The van der Waals surface area contributed by atoms with Crippen molar-refractivity contribution >= 4 is 18.0 Å². The molecule has 6 nitrogen and oxygen atoms in total. The van der Waals surface area contributed by atoms with Gasteiger partial charge < -0.3 is 10.5 Å². The smallest absolute Gasteiger partial charge is 0.330 e. The quantitative estimate of drug-likeness (QED) is 0.437. The van der Waals surface area contributed by atoms with Gasteiger partial charge in [-0.15, -0.1) is 0 Å². The lowest BCUT2D eigenvalue weighted by molar-refractivity contribution is -0.137. The summed E-state index contributed by atoms with van der Waals surface area (Å²) in [6.07, 6.45) is 6.06. The van der Waals surface area contributed by atoms with Gasteiger partial charge in [0.25, 0.3) is 5.56 Å². The number of aromatic nitrogens is 2. The van der Waals surface area contributed by atoms with Crippen LogP contribution in [0.4, 0.5) is 5.95 Å². The molecule has 0 saturated carbocycles. The van der Waals surface area contributed by atoms with Crippen molar-refractivity contribution in [2.75, 3.05) is 12.3 Å². The van der Waals surface area contributed by atoms with Crippen molar-refractivity contribution in [2.24, 2.45) is 0 Å². The third-order valence-corrected chi connectivity index (χ3v) is 3.71. The average Bonchev–Trinajstić information content (AvgIpc) is 2.59. The van der Waals surface area contributed by atoms with E-state index in [2.05, 4.69) is 22.1 Å². The van der Waals surface area contributed by atoms with E-state index in [4.69, 9.17) is 10.5 Å². The molecule has 6 heteroatoms. The monoisotopic (exact) mass is 341 g/mol. The largest absolute Gasteiger partial charge is 0.463 e. The predicted molar refractivity (Wildman–Crippen MR) is 98.0 cm³/mol. The van der Waals surface area contributed by atoms with E-state index in [0.29, 0.717) is 24.3 Å². The summed E-state index contributed by atoms with van der Waals surface area (Å²) in [6, 6.07) is 10.2. The number of aryl methyl sites for hydroxylation is 1. The fraction of sp³-hybridized carbons (Fsp3) is 0.316. The van der Waals surface area contributed by atoms with Gasteiger partial charge in [0, 0.05) is 11.6 Å². The van der Waals surface area contributed by atoms with E-state index in [9.17, 15) is 9.59 Å². The SMILES string of the molecule is CCOC(=O)/C=C/c1nc(N)[nH]c(=O)c1CCCCc1ccccc1. The molecule has 0 amide bonds. The number of nitrogens with zero attached hydrogens (tertiary/aromatic N) is 1. The normalized spacial score (nSPS) is 10.9. The zero-order chi connectivity index (χ0) is 18.1. The van der Waals surface area contributed by atoms with Crippen LogP contribution in [-0.2, 0) is 22.4 Å². The number of nitrogen functional groups attached to an aromatic ring is 1. The van der Waals surface area contributed by atoms with Crippen molar-refractivity contribution in [3.63, 3.8) is 0 Å². The molecule has 25 heavy (non-hydrogen) atoms. The van der Waals surface area contributed by atoms with E-state index in [-0.39, 0.29) is 11.5 Å². The molecule has 0 bridgehead atoms. The summed E-state index contributed by atoms with van der Waals surface area (Å²) in [5, 5.41) is 0. The Morgan fingerprint density at radius 1 is 1.24 bits per heavy atom. The number of rotatable bonds is 8. The number of benzene rings is 1. The number of ether oxygens (including phenoxy) is 1. The van der Waals surface area contributed by atoms with Crippen LogP contribution in [0.25, 0.3) is 6.08 Å². The average molecular weight is 341 g/mol. The van der Waals surface area contributed by atoms with Crippen LogP contribution in [0.15, 0.2) is 41.2 Å². The number of carbonyl (C=O) groups excluding carboxylic acids is 1. The summed E-state index contributed by atoms with van der Waals surface area (Å²) in [5.41, 5.74) is 7.55. The number of hydrogen-bond acceptors (Lipinski definition) is 5. The molecule has 2 rings (SSSR count). The molecule has 0 aliphatic heterocycles. The van der Waals surface area contributed by atoms with Crippen LogP contribution >= 0.6 is 0 Å². The number of carbonyl (C=O) groups is 1. The number of nitrogens with one attached hydrogen (secondary N) is 1. The van der Waals surface area contributed by atoms with Crippen LogP contribution in [0, 0.1) is 0 Å². The maximum Gasteiger partial charge on any atom is 0.330 e. The van der Waals surface area contributed by atoms with E-state index in [0.717, 1.165) is 19.3 Å². The molecule has 0 aliphatic rings. The van der Waals surface area contributed by atoms with Gasteiger partial charge in [0.1, 0.15) is 0 Å². The van der Waals surface area contributed by atoms with Gasteiger partial charge in [0.15, 0.2) is 0 Å². The molecule has 0 aliphatic carbocycles. The van der Waals surface area contributed by atoms with Gasteiger partial charge in [0.2, 0.25) is 5.95 Å². The van der Waals surface area contributed by atoms with Crippen LogP contribution in [0.5, 0.6) is 0 Å². The van der Waals surface area contributed by atoms with E-state index in [1.54, 1.807) is 6.92 Å². The Bertz CT molecular complexity index is 782. The highest BCUT2D eigenvalue weighted by Gasteiger charge is 2.09. The van der Waals surface area contributed by atoms with Crippen LogP contribution in [0.1, 0.15) is 36.6 Å². The molecular formula is C19H23N3O3. The Morgan fingerprint density at radius 2 is 1.96 bits per heavy atom. The third kappa shape index (κ3) is 5.91. The maximum atomic E-state index is 12.2.